The minimum atomic E-state index is -0.518. The lowest BCUT2D eigenvalue weighted by Crippen LogP contribution is -2.14. The van der Waals surface area contributed by atoms with Crippen molar-refractivity contribution in [1.82, 2.24) is 0 Å². The molecule has 100 valence electrons. The van der Waals surface area contributed by atoms with E-state index in [0.717, 1.165) is 16.9 Å². The Morgan fingerprint density at radius 2 is 1.74 bits per heavy atom. The highest BCUT2D eigenvalue weighted by molar-refractivity contribution is 5.28. The number of hydrogen-bond acceptors (Lipinski definition) is 2. The van der Waals surface area contributed by atoms with Gasteiger partial charge in [-0.05, 0) is 48.2 Å². The number of methoxy groups -OCH3 is 1. The molecule has 1 N–H and O–H groups in total. The van der Waals surface area contributed by atoms with Crippen LogP contribution in [0, 0.1) is 5.82 Å². The van der Waals surface area contributed by atoms with Crippen LogP contribution in [0.5, 0.6) is 5.75 Å². The van der Waals surface area contributed by atoms with Gasteiger partial charge < -0.3 is 9.84 Å². The van der Waals surface area contributed by atoms with Crippen molar-refractivity contribution in [3.63, 3.8) is 0 Å². The molecule has 19 heavy (non-hydrogen) atoms. The number of benzene rings is 2. The van der Waals surface area contributed by atoms with E-state index in [4.69, 9.17) is 4.74 Å². The normalized spacial score (nSPS) is 12.2. The molecule has 2 nitrogen and oxygen atoms in total. The molecule has 0 heterocycles. The van der Waals surface area contributed by atoms with Crippen LogP contribution in [-0.4, -0.2) is 18.3 Å². The Balaban J connectivity index is 1.95. The van der Waals surface area contributed by atoms with Gasteiger partial charge in [0.05, 0.1) is 13.2 Å². The average molecular weight is 260 g/mol. The maximum absolute atomic E-state index is 13.0. The number of aliphatic hydroxyl groups excluding tert-OH is 1. The van der Waals surface area contributed by atoms with Crippen LogP contribution in [0.4, 0.5) is 4.39 Å². The Hall–Kier alpha value is -1.87. The van der Waals surface area contributed by atoms with E-state index in [9.17, 15) is 9.50 Å². The van der Waals surface area contributed by atoms with Gasteiger partial charge in [0, 0.05) is 0 Å². The van der Waals surface area contributed by atoms with E-state index in [2.05, 4.69) is 0 Å². The zero-order valence-corrected chi connectivity index (χ0v) is 10.8. The van der Waals surface area contributed by atoms with E-state index in [-0.39, 0.29) is 5.82 Å². The summed E-state index contributed by atoms with van der Waals surface area (Å²) in [4.78, 5) is 0. The summed E-state index contributed by atoms with van der Waals surface area (Å²) in [5, 5.41) is 10.0. The van der Waals surface area contributed by atoms with Gasteiger partial charge in [-0.3, -0.25) is 0 Å². The van der Waals surface area contributed by atoms with E-state index < -0.39 is 6.10 Å². The maximum atomic E-state index is 13.0. The van der Waals surface area contributed by atoms with Crippen molar-refractivity contribution in [2.45, 2.75) is 18.9 Å². The fourth-order valence-corrected chi connectivity index (χ4v) is 2.04. The summed E-state index contributed by atoms with van der Waals surface area (Å²) in [7, 11) is 1.62. The topological polar surface area (TPSA) is 29.5 Å². The summed E-state index contributed by atoms with van der Waals surface area (Å²) in [6.45, 7) is 0. The molecule has 0 aliphatic carbocycles. The van der Waals surface area contributed by atoms with E-state index in [1.807, 2.05) is 30.3 Å². The first-order valence-corrected chi connectivity index (χ1v) is 6.23. The third-order valence-electron chi connectivity index (χ3n) is 2.99. The van der Waals surface area contributed by atoms with Gasteiger partial charge in [0.2, 0.25) is 0 Å². The predicted molar refractivity (Wildman–Crippen MR) is 72.8 cm³/mol. The fourth-order valence-electron chi connectivity index (χ4n) is 2.04. The molecule has 2 aromatic carbocycles. The molecule has 0 aromatic heterocycles. The molecule has 2 aromatic rings. The summed E-state index contributed by atoms with van der Waals surface area (Å²) >= 11 is 0. The molecule has 0 saturated heterocycles. The molecule has 0 amide bonds. The number of aliphatic hydroxyl groups is 1. The van der Waals surface area contributed by atoms with Gasteiger partial charge >= 0.3 is 0 Å². The average Bonchev–Trinajstić information content (AvgIpc) is 2.39. The van der Waals surface area contributed by atoms with Gasteiger partial charge in [0.1, 0.15) is 11.6 Å². The van der Waals surface area contributed by atoms with Gasteiger partial charge in [-0.1, -0.05) is 24.3 Å². The summed E-state index contributed by atoms with van der Waals surface area (Å²) < 4.78 is 18.1. The second-order valence-electron chi connectivity index (χ2n) is 4.54. The van der Waals surface area contributed by atoms with Crippen LogP contribution in [0.3, 0.4) is 0 Å². The van der Waals surface area contributed by atoms with Crippen molar-refractivity contribution in [2.24, 2.45) is 0 Å². The third-order valence-corrected chi connectivity index (χ3v) is 2.99. The minimum absolute atomic E-state index is 0.269. The summed E-state index contributed by atoms with van der Waals surface area (Å²) in [6, 6.07) is 13.9. The molecule has 0 bridgehead atoms. The molecule has 0 aliphatic rings. The molecular formula is C16H17FO2. The van der Waals surface area contributed by atoms with Crippen LogP contribution in [0.15, 0.2) is 48.5 Å². The van der Waals surface area contributed by atoms with Gasteiger partial charge in [-0.25, -0.2) is 4.39 Å². The van der Waals surface area contributed by atoms with Crippen LogP contribution in [-0.2, 0) is 12.8 Å². The lowest BCUT2D eigenvalue weighted by Gasteiger charge is -2.11. The molecule has 0 aliphatic heterocycles. The Morgan fingerprint density at radius 3 is 2.37 bits per heavy atom. The molecule has 1 unspecified atom stereocenters. The molecule has 0 spiro atoms. The second-order valence-corrected chi connectivity index (χ2v) is 4.54. The predicted octanol–water partition coefficient (Wildman–Crippen LogP) is 2.98. The monoisotopic (exact) mass is 260 g/mol. The van der Waals surface area contributed by atoms with Crippen molar-refractivity contribution in [2.75, 3.05) is 7.11 Å². The molecule has 0 saturated carbocycles. The number of ether oxygens (including phenoxy) is 1. The standard InChI is InChI=1S/C16H17FO2/c1-19-16-7-5-12(6-8-16)10-15(18)11-13-3-2-4-14(17)9-13/h2-9,15,18H,10-11H2,1H3. The van der Waals surface area contributed by atoms with Crippen molar-refractivity contribution in [3.8, 4) is 5.75 Å². The van der Waals surface area contributed by atoms with Gasteiger partial charge in [-0.15, -0.1) is 0 Å². The second kappa shape index (κ2) is 6.34. The van der Waals surface area contributed by atoms with E-state index in [1.165, 1.54) is 12.1 Å². The Bertz CT molecular complexity index is 523. The quantitative estimate of drug-likeness (QED) is 0.895. The van der Waals surface area contributed by atoms with Crippen molar-refractivity contribution in [1.29, 1.82) is 0 Å². The summed E-state index contributed by atoms with van der Waals surface area (Å²) in [5.74, 6) is 0.525. The first-order chi connectivity index (χ1) is 9.17. The smallest absolute Gasteiger partial charge is 0.123 e. The lowest BCUT2D eigenvalue weighted by molar-refractivity contribution is 0.175. The zero-order valence-electron chi connectivity index (χ0n) is 10.8. The molecule has 0 fully saturated rings. The van der Waals surface area contributed by atoms with E-state index >= 15 is 0 Å². The van der Waals surface area contributed by atoms with Crippen LogP contribution in [0.1, 0.15) is 11.1 Å². The first kappa shape index (κ1) is 13.6. The van der Waals surface area contributed by atoms with Gasteiger partial charge in [0.25, 0.3) is 0 Å². The molecule has 1 atom stereocenters. The van der Waals surface area contributed by atoms with Crippen LogP contribution in [0.2, 0.25) is 0 Å². The highest BCUT2D eigenvalue weighted by Crippen LogP contribution is 2.14. The SMILES string of the molecule is COc1ccc(CC(O)Cc2cccc(F)c2)cc1. The Labute approximate surface area is 112 Å². The van der Waals surface area contributed by atoms with Crippen molar-refractivity contribution < 1.29 is 14.2 Å². The first-order valence-electron chi connectivity index (χ1n) is 6.23. The highest BCUT2D eigenvalue weighted by atomic mass is 19.1. The van der Waals surface area contributed by atoms with Crippen molar-refractivity contribution >= 4 is 0 Å². The number of hydrogen-bond donors (Lipinski definition) is 1. The van der Waals surface area contributed by atoms with E-state index in [1.54, 1.807) is 13.2 Å². The number of rotatable bonds is 5. The highest BCUT2D eigenvalue weighted by Gasteiger charge is 2.07. The zero-order chi connectivity index (χ0) is 13.7. The van der Waals surface area contributed by atoms with E-state index in [0.29, 0.717) is 12.8 Å². The Morgan fingerprint density at radius 1 is 1.05 bits per heavy atom. The Kier molecular flexibility index (Phi) is 4.53. The van der Waals surface area contributed by atoms with Crippen molar-refractivity contribution in [3.05, 3.63) is 65.5 Å². The fraction of sp³-hybridized carbons (Fsp3) is 0.250. The summed E-state index contributed by atoms with van der Waals surface area (Å²) in [6.07, 6.45) is 0.472. The largest absolute Gasteiger partial charge is 0.497 e. The van der Waals surface area contributed by atoms with Gasteiger partial charge in [0.15, 0.2) is 0 Å². The van der Waals surface area contributed by atoms with Gasteiger partial charge in [-0.2, -0.15) is 0 Å². The van der Waals surface area contributed by atoms with Crippen LogP contribution >= 0.6 is 0 Å². The lowest BCUT2D eigenvalue weighted by atomic mass is 10.0. The summed E-state index contributed by atoms with van der Waals surface area (Å²) in [5.41, 5.74) is 1.84. The van der Waals surface area contributed by atoms with Crippen LogP contribution in [0.25, 0.3) is 0 Å². The molecule has 3 heteroatoms. The maximum Gasteiger partial charge on any atom is 0.123 e. The third kappa shape index (κ3) is 4.07. The molecule has 0 radical (unpaired) electrons. The molecular weight excluding hydrogens is 243 g/mol. The molecule has 2 rings (SSSR count). The van der Waals surface area contributed by atoms with Crippen LogP contribution < -0.4 is 4.74 Å². The number of halogens is 1. The minimum Gasteiger partial charge on any atom is -0.497 e.